The van der Waals surface area contributed by atoms with E-state index in [1.807, 2.05) is 24.3 Å². The molecular formula is C17H22N4O4. The van der Waals surface area contributed by atoms with Crippen molar-refractivity contribution < 1.29 is 9.47 Å². The Morgan fingerprint density at radius 3 is 2.96 bits per heavy atom. The Hall–Kier alpha value is -2.61. The van der Waals surface area contributed by atoms with E-state index in [1.54, 1.807) is 13.8 Å². The largest absolute Gasteiger partial charge is 0.488 e. The van der Waals surface area contributed by atoms with E-state index in [1.165, 1.54) is 0 Å². The molecule has 0 bridgehead atoms. The number of rotatable bonds is 6. The summed E-state index contributed by atoms with van der Waals surface area (Å²) < 4.78 is 12.2. The lowest BCUT2D eigenvalue weighted by Crippen LogP contribution is -2.38. The second kappa shape index (κ2) is 7.52. The molecule has 1 saturated heterocycles. The Labute approximate surface area is 144 Å². The molecule has 0 amide bonds. The van der Waals surface area contributed by atoms with Gasteiger partial charge in [-0.25, -0.2) is 14.2 Å². The predicted molar refractivity (Wildman–Crippen MR) is 93.1 cm³/mol. The van der Waals surface area contributed by atoms with Gasteiger partial charge in [-0.3, -0.25) is 4.98 Å². The van der Waals surface area contributed by atoms with Crippen molar-refractivity contribution in [3.8, 4) is 5.75 Å². The third-order valence-electron chi connectivity index (χ3n) is 3.92. The summed E-state index contributed by atoms with van der Waals surface area (Å²) in [6.07, 6.45) is 0.976. The lowest BCUT2D eigenvalue weighted by Gasteiger charge is -2.13. The molecule has 1 aliphatic rings. The van der Waals surface area contributed by atoms with Gasteiger partial charge in [0.05, 0.1) is 13.2 Å². The summed E-state index contributed by atoms with van der Waals surface area (Å²) in [5, 5.41) is 2.97. The van der Waals surface area contributed by atoms with Crippen molar-refractivity contribution in [1.29, 1.82) is 0 Å². The zero-order valence-corrected chi connectivity index (χ0v) is 14.3. The molecule has 0 radical (unpaired) electrons. The van der Waals surface area contributed by atoms with Crippen LogP contribution in [0.4, 0.5) is 5.95 Å². The molecule has 2 heterocycles. The molecule has 1 fully saturated rings. The second-order valence-corrected chi connectivity index (χ2v) is 6.24. The van der Waals surface area contributed by atoms with Crippen molar-refractivity contribution in [3.63, 3.8) is 0 Å². The normalized spacial score (nSPS) is 17.0. The zero-order chi connectivity index (χ0) is 17.8. The van der Waals surface area contributed by atoms with Crippen LogP contribution < -0.4 is 21.4 Å². The molecule has 2 aromatic rings. The molecule has 3 rings (SSSR count). The van der Waals surface area contributed by atoms with Crippen molar-refractivity contribution in [2.75, 3.05) is 18.5 Å². The number of aromatic amines is 1. The minimum absolute atomic E-state index is 0.0878. The molecular weight excluding hydrogens is 324 g/mol. The average molecular weight is 346 g/mol. The minimum Gasteiger partial charge on any atom is -0.488 e. The molecule has 1 aromatic heterocycles. The van der Waals surface area contributed by atoms with Crippen LogP contribution in [0, 0.1) is 0 Å². The van der Waals surface area contributed by atoms with Crippen LogP contribution in [0.15, 0.2) is 33.9 Å². The molecule has 2 N–H and O–H groups in total. The van der Waals surface area contributed by atoms with Crippen LogP contribution in [0.1, 0.15) is 31.9 Å². The lowest BCUT2D eigenvalue weighted by molar-refractivity contribution is 0.141. The van der Waals surface area contributed by atoms with Crippen LogP contribution in [0.3, 0.4) is 0 Å². The van der Waals surface area contributed by atoms with Gasteiger partial charge in [-0.2, -0.15) is 4.98 Å². The predicted octanol–water partition coefficient (Wildman–Crippen LogP) is 1.29. The van der Waals surface area contributed by atoms with Crippen molar-refractivity contribution >= 4 is 5.95 Å². The van der Waals surface area contributed by atoms with E-state index >= 15 is 0 Å². The topological polar surface area (TPSA) is 98.2 Å². The van der Waals surface area contributed by atoms with Crippen molar-refractivity contribution in [2.45, 2.75) is 39.0 Å². The smallest absolute Gasteiger partial charge is 0.355 e. The number of H-pyrrole nitrogens is 1. The highest BCUT2D eigenvalue weighted by Gasteiger charge is 2.17. The maximum atomic E-state index is 12.0. The summed E-state index contributed by atoms with van der Waals surface area (Å²) >= 11 is 0. The molecule has 1 atom stereocenters. The van der Waals surface area contributed by atoms with Gasteiger partial charge < -0.3 is 14.8 Å². The third-order valence-corrected chi connectivity index (χ3v) is 3.92. The van der Waals surface area contributed by atoms with Gasteiger partial charge in [0.15, 0.2) is 0 Å². The van der Waals surface area contributed by atoms with Crippen LogP contribution in [0.5, 0.6) is 5.75 Å². The summed E-state index contributed by atoms with van der Waals surface area (Å²) in [4.78, 5) is 30.3. The van der Waals surface area contributed by atoms with E-state index < -0.39 is 11.4 Å². The fourth-order valence-electron chi connectivity index (χ4n) is 2.68. The molecule has 1 aromatic carbocycles. The Kier molecular flexibility index (Phi) is 5.18. The number of hydrogen-bond acceptors (Lipinski definition) is 6. The number of hydrogen-bond donors (Lipinski definition) is 2. The Balaban J connectivity index is 1.67. The van der Waals surface area contributed by atoms with Gasteiger partial charge in [0, 0.05) is 19.0 Å². The van der Waals surface area contributed by atoms with Crippen molar-refractivity contribution in [1.82, 2.24) is 14.5 Å². The van der Waals surface area contributed by atoms with Gasteiger partial charge in [0.1, 0.15) is 11.9 Å². The highest BCUT2D eigenvalue weighted by atomic mass is 16.5. The molecule has 1 unspecified atom stereocenters. The van der Waals surface area contributed by atoms with Gasteiger partial charge in [0.2, 0.25) is 5.95 Å². The molecule has 0 spiro atoms. The van der Waals surface area contributed by atoms with E-state index in [9.17, 15) is 9.59 Å². The summed E-state index contributed by atoms with van der Waals surface area (Å²) in [7, 11) is 0. The van der Waals surface area contributed by atoms with Crippen LogP contribution in [-0.4, -0.2) is 33.9 Å². The molecule has 25 heavy (non-hydrogen) atoms. The number of ether oxygens (including phenoxy) is 2. The highest BCUT2D eigenvalue weighted by molar-refractivity contribution is 5.32. The molecule has 0 aliphatic carbocycles. The molecule has 8 heteroatoms. The quantitative estimate of drug-likeness (QED) is 0.818. The standard InChI is InChI=1S/C17H22N4O4/c1-11(2)21-16(22)19-15(20-17(21)23)18-9-12-4-3-5-13(8-12)25-14-6-7-24-10-14/h3-5,8,11,14H,6-7,9-10H2,1-2H3,(H2,18,19,20,22,23). The number of nitrogens with zero attached hydrogens (tertiary/aromatic N) is 2. The maximum Gasteiger partial charge on any atom is 0.355 e. The number of benzene rings is 1. The van der Waals surface area contributed by atoms with Crippen LogP contribution in [-0.2, 0) is 11.3 Å². The van der Waals surface area contributed by atoms with E-state index in [-0.39, 0.29) is 18.1 Å². The lowest BCUT2D eigenvalue weighted by atomic mass is 10.2. The monoisotopic (exact) mass is 346 g/mol. The zero-order valence-electron chi connectivity index (χ0n) is 14.3. The van der Waals surface area contributed by atoms with E-state index in [0.29, 0.717) is 13.2 Å². The molecule has 1 aliphatic heterocycles. The van der Waals surface area contributed by atoms with E-state index in [4.69, 9.17) is 9.47 Å². The summed E-state index contributed by atoms with van der Waals surface area (Å²) in [6, 6.07) is 7.39. The highest BCUT2D eigenvalue weighted by Crippen LogP contribution is 2.18. The first kappa shape index (κ1) is 17.2. The van der Waals surface area contributed by atoms with E-state index in [2.05, 4.69) is 15.3 Å². The van der Waals surface area contributed by atoms with Gasteiger partial charge in [0.25, 0.3) is 0 Å². The third kappa shape index (κ3) is 4.27. The van der Waals surface area contributed by atoms with Crippen molar-refractivity contribution in [2.24, 2.45) is 0 Å². The number of nitrogens with one attached hydrogen (secondary N) is 2. The number of aromatic nitrogens is 3. The van der Waals surface area contributed by atoms with Gasteiger partial charge in [-0.1, -0.05) is 12.1 Å². The van der Waals surface area contributed by atoms with Gasteiger partial charge in [-0.05, 0) is 31.5 Å². The van der Waals surface area contributed by atoms with E-state index in [0.717, 1.165) is 28.9 Å². The summed E-state index contributed by atoms with van der Waals surface area (Å²) in [5.41, 5.74) is -0.0949. The summed E-state index contributed by atoms with van der Waals surface area (Å²) in [6.45, 7) is 5.26. The first-order valence-corrected chi connectivity index (χ1v) is 8.33. The maximum absolute atomic E-state index is 12.0. The first-order chi connectivity index (χ1) is 12.0. The van der Waals surface area contributed by atoms with Crippen molar-refractivity contribution in [3.05, 3.63) is 50.8 Å². The number of anilines is 1. The van der Waals surface area contributed by atoms with Gasteiger partial charge in [-0.15, -0.1) is 0 Å². The molecule has 0 saturated carbocycles. The second-order valence-electron chi connectivity index (χ2n) is 6.24. The Bertz CT molecular complexity index is 806. The van der Waals surface area contributed by atoms with Crippen LogP contribution in [0.25, 0.3) is 0 Å². The Morgan fingerprint density at radius 1 is 1.44 bits per heavy atom. The summed E-state index contributed by atoms with van der Waals surface area (Å²) in [5.74, 6) is 0.925. The van der Waals surface area contributed by atoms with Crippen LogP contribution >= 0.6 is 0 Å². The Morgan fingerprint density at radius 2 is 2.28 bits per heavy atom. The molecule has 134 valence electrons. The van der Waals surface area contributed by atoms with Crippen LogP contribution in [0.2, 0.25) is 0 Å². The fourth-order valence-corrected chi connectivity index (χ4v) is 2.68. The first-order valence-electron chi connectivity index (χ1n) is 8.33. The SMILES string of the molecule is CC(C)n1c(=O)nc(NCc2cccc(OC3CCOC3)c2)[nH]c1=O. The molecule has 8 nitrogen and oxygen atoms in total. The minimum atomic E-state index is -0.570. The average Bonchev–Trinajstić information content (AvgIpc) is 3.05. The van der Waals surface area contributed by atoms with Gasteiger partial charge >= 0.3 is 11.4 Å². The fraction of sp³-hybridized carbons (Fsp3) is 0.471.